The summed E-state index contributed by atoms with van der Waals surface area (Å²) in [6.07, 6.45) is 0. The van der Waals surface area contributed by atoms with E-state index in [0.717, 1.165) is 14.5 Å². The summed E-state index contributed by atoms with van der Waals surface area (Å²) in [5.74, 6) is 0.328. The fourth-order valence-corrected chi connectivity index (χ4v) is 3.60. The van der Waals surface area contributed by atoms with Crippen LogP contribution in [0.25, 0.3) is 0 Å². The molecule has 0 aliphatic carbocycles. The van der Waals surface area contributed by atoms with Crippen molar-refractivity contribution in [2.75, 3.05) is 14.2 Å². The normalized spacial score (nSPS) is 12.3. The van der Waals surface area contributed by atoms with Gasteiger partial charge in [-0.15, -0.1) is 0 Å². The Morgan fingerprint density at radius 2 is 1.90 bits per heavy atom. The molecule has 0 saturated carbocycles. The summed E-state index contributed by atoms with van der Waals surface area (Å²) in [7, 11) is 3.33. The highest BCUT2D eigenvalue weighted by atomic mass is 79.9. The monoisotopic (exact) mass is 435 g/mol. The van der Waals surface area contributed by atoms with Crippen LogP contribution in [0, 0.1) is 5.82 Å². The molecule has 1 unspecified atom stereocenters. The van der Waals surface area contributed by atoms with E-state index in [1.807, 2.05) is 0 Å². The lowest BCUT2D eigenvalue weighted by atomic mass is 9.97. The van der Waals surface area contributed by atoms with E-state index >= 15 is 0 Å². The van der Waals surface area contributed by atoms with Gasteiger partial charge in [0, 0.05) is 20.6 Å². The lowest BCUT2D eigenvalue weighted by molar-refractivity contribution is 0.402. The van der Waals surface area contributed by atoms with Gasteiger partial charge in [0.2, 0.25) is 0 Å². The van der Waals surface area contributed by atoms with Gasteiger partial charge in [-0.2, -0.15) is 0 Å². The summed E-state index contributed by atoms with van der Waals surface area (Å²) >= 11 is 12.9. The molecule has 0 spiro atoms. The molecular weight excluding hydrogens is 424 g/mol. The van der Waals surface area contributed by atoms with Crippen LogP contribution in [0.3, 0.4) is 0 Å². The van der Waals surface area contributed by atoms with Gasteiger partial charge >= 0.3 is 0 Å². The number of ether oxygens (including phenoxy) is 1. The topological polar surface area (TPSA) is 21.3 Å². The fraction of sp³-hybridized carbons (Fsp3) is 0.200. The lowest BCUT2D eigenvalue weighted by Crippen LogP contribution is -2.20. The van der Waals surface area contributed by atoms with Crippen LogP contribution in [0.5, 0.6) is 5.75 Å². The Bertz CT molecular complexity index is 666. The quantitative estimate of drug-likeness (QED) is 0.699. The third-order valence-electron chi connectivity index (χ3n) is 3.11. The smallest absolute Gasteiger partial charge is 0.138 e. The van der Waals surface area contributed by atoms with Gasteiger partial charge in [-0.05, 0) is 53.3 Å². The molecule has 0 heterocycles. The van der Waals surface area contributed by atoms with Gasteiger partial charge in [0.05, 0.1) is 17.6 Å². The van der Waals surface area contributed by atoms with Gasteiger partial charge < -0.3 is 10.1 Å². The molecule has 1 atom stereocenters. The van der Waals surface area contributed by atoms with E-state index < -0.39 is 0 Å². The van der Waals surface area contributed by atoms with E-state index in [1.165, 1.54) is 6.07 Å². The standard InChI is InChI=1S/C15H13Br2ClFNO/c1-20-14(10-5-8(16)3-4-13(10)19)11-6-9(18)7-12(17)15(11)21-2/h3-7,14,20H,1-2H3. The van der Waals surface area contributed by atoms with E-state index in [0.29, 0.717) is 16.3 Å². The minimum atomic E-state index is -0.382. The highest BCUT2D eigenvalue weighted by molar-refractivity contribution is 9.10. The number of hydrogen-bond acceptors (Lipinski definition) is 2. The molecule has 0 radical (unpaired) electrons. The number of methoxy groups -OCH3 is 1. The SMILES string of the molecule is CNC(c1cc(Br)ccc1F)c1cc(Cl)cc(Br)c1OC. The maximum Gasteiger partial charge on any atom is 0.138 e. The minimum absolute atomic E-state index is 0.296. The minimum Gasteiger partial charge on any atom is -0.495 e. The van der Waals surface area contributed by atoms with Crippen LogP contribution in [0.15, 0.2) is 39.3 Å². The van der Waals surface area contributed by atoms with Crippen LogP contribution < -0.4 is 10.1 Å². The van der Waals surface area contributed by atoms with Crippen LogP contribution in [-0.2, 0) is 0 Å². The van der Waals surface area contributed by atoms with Gasteiger partial charge in [0.25, 0.3) is 0 Å². The molecule has 6 heteroatoms. The molecule has 0 aliphatic heterocycles. The predicted octanol–water partition coefficient (Wildman–Crippen LogP) is 5.32. The summed E-state index contributed by atoms with van der Waals surface area (Å²) in [5, 5.41) is 3.66. The number of halogens is 4. The molecule has 0 aromatic heterocycles. The van der Waals surface area contributed by atoms with Gasteiger partial charge in [-0.3, -0.25) is 0 Å². The van der Waals surface area contributed by atoms with Gasteiger partial charge in [0.1, 0.15) is 11.6 Å². The summed E-state index contributed by atoms with van der Waals surface area (Å²) in [6, 6.07) is 7.96. The first-order chi connectivity index (χ1) is 9.97. The maximum atomic E-state index is 14.2. The highest BCUT2D eigenvalue weighted by Gasteiger charge is 2.22. The van der Waals surface area contributed by atoms with Crippen molar-refractivity contribution in [3.63, 3.8) is 0 Å². The molecular formula is C15H13Br2ClFNO. The molecule has 0 aliphatic rings. The molecule has 21 heavy (non-hydrogen) atoms. The Balaban J connectivity index is 2.64. The van der Waals surface area contributed by atoms with E-state index in [2.05, 4.69) is 37.2 Å². The highest BCUT2D eigenvalue weighted by Crippen LogP contribution is 2.39. The second-order valence-electron chi connectivity index (χ2n) is 4.40. The second-order valence-corrected chi connectivity index (χ2v) is 6.60. The molecule has 2 aromatic carbocycles. The summed E-state index contributed by atoms with van der Waals surface area (Å²) in [6.45, 7) is 0. The van der Waals surface area contributed by atoms with Crippen LogP contribution >= 0.6 is 43.5 Å². The Morgan fingerprint density at radius 3 is 2.52 bits per heavy atom. The van der Waals surface area contributed by atoms with Gasteiger partial charge in [-0.25, -0.2) is 4.39 Å². The zero-order valence-corrected chi connectivity index (χ0v) is 15.3. The summed E-state index contributed by atoms with van der Waals surface area (Å²) < 4.78 is 21.1. The average molecular weight is 438 g/mol. The average Bonchev–Trinajstić information content (AvgIpc) is 2.43. The molecule has 1 N–H and O–H groups in total. The van der Waals surface area contributed by atoms with E-state index in [9.17, 15) is 4.39 Å². The van der Waals surface area contributed by atoms with Gasteiger partial charge in [0.15, 0.2) is 0 Å². The third-order valence-corrected chi connectivity index (χ3v) is 4.41. The molecule has 0 amide bonds. The summed E-state index contributed by atoms with van der Waals surface area (Å²) in [4.78, 5) is 0. The number of rotatable bonds is 4. The predicted molar refractivity (Wildman–Crippen MR) is 90.7 cm³/mol. The van der Waals surface area contributed by atoms with Crippen LogP contribution in [0.1, 0.15) is 17.2 Å². The second kappa shape index (κ2) is 7.09. The first-order valence-electron chi connectivity index (χ1n) is 6.13. The van der Waals surface area contributed by atoms with E-state index in [-0.39, 0.29) is 11.9 Å². The van der Waals surface area contributed by atoms with Crippen molar-refractivity contribution in [2.45, 2.75) is 6.04 Å². The van der Waals surface area contributed by atoms with Crippen molar-refractivity contribution < 1.29 is 9.13 Å². The summed E-state index contributed by atoms with van der Waals surface area (Å²) in [5.41, 5.74) is 1.27. The van der Waals surface area contributed by atoms with E-state index in [1.54, 1.807) is 38.4 Å². The number of nitrogens with one attached hydrogen (secondary N) is 1. The lowest BCUT2D eigenvalue weighted by Gasteiger charge is -2.22. The first kappa shape index (κ1) is 16.7. The van der Waals surface area contributed by atoms with Crippen LogP contribution in [0.4, 0.5) is 4.39 Å². The number of hydrogen-bond donors (Lipinski definition) is 1. The van der Waals surface area contributed by atoms with Crippen molar-refractivity contribution in [1.82, 2.24) is 5.32 Å². The molecule has 2 rings (SSSR count). The van der Waals surface area contributed by atoms with Crippen LogP contribution in [-0.4, -0.2) is 14.2 Å². The van der Waals surface area contributed by atoms with Crippen molar-refractivity contribution in [1.29, 1.82) is 0 Å². The maximum absolute atomic E-state index is 14.2. The molecule has 2 aromatic rings. The largest absolute Gasteiger partial charge is 0.495 e. The first-order valence-corrected chi connectivity index (χ1v) is 8.09. The Labute approximate surface area is 144 Å². The molecule has 0 fully saturated rings. The Hall–Kier alpha value is -0.620. The third kappa shape index (κ3) is 3.59. The molecule has 112 valence electrons. The number of benzene rings is 2. The van der Waals surface area contributed by atoms with Crippen molar-refractivity contribution >= 4 is 43.5 Å². The van der Waals surface area contributed by atoms with Crippen LogP contribution in [0.2, 0.25) is 5.02 Å². The molecule has 2 nitrogen and oxygen atoms in total. The zero-order chi connectivity index (χ0) is 15.6. The Kier molecular flexibility index (Phi) is 5.66. The van der Waals surface area contributed by atoms with Crippen molar-refractivity contribution in [3.8, 4) is 5.75 Å². The zero-order valence-electron chi connectivity index (χ0n) is 11.4. The van der Waals surface area contributed by atoms with Gasteiger partial charge in [-0.1, -0.05) is 27.5 Å². The molecule has 0 bridgehead atoms. The fourth-order valence-electron chi connectivity index (χ4n) is 2.22. The van der Waals surface area contributed by atoms with E-state index in [4.69, 9.17) is 16.3 Å². The van der Waals surface area contributed by atoms with Crippen molar-refractivity contribution in [3.05, 3.63) is 61.2 Å². The van der Waals surface area contributed by atoms with Crippen molar-refractivity contribution in [2.24, 2.45) is 0 Å². The Morgan fingerprint density at radius 1 is 1.19 bits per heavy atom. The molecule has 0 saturated heterocycles.